The van der Waals surface area contributed by atoms with Crippen molar-refractivity contribution in [2.45, 2.75) is 0 Å². The summed E-state index contributed by atoms with van der Waals surface area (Å²) in [5, 5.41) is 0. The molecule has 0 aromatic heterocycles. The highest BCUT2D eigenvalue weighted by molar-refractivity contribution is 6.04. The number of carbonyl (C=O) groups is 1. The first-order chi connectivity index (χ1) is 6.56. The van der Waals surface area contributed by atoms with Crippen LogP contribution < -0.4 is 0 Å². The van der Waals surface area contributed by atoms with E-state index in [0.29, 0.717) is 12.1 Å². The summed E-state index contributed by atoms with van der Waals surface area (Å²) in [6.45, 7) is 3.13. The molecule has 0 spiro atoms. The Morgan fingerprint density at radius 3 is 2.21 bits per heavy atom. The lowest BCUT2D eigenvalue weighted by Crippen LogP contribution is -1.99. The Morgan fingerprint density at radius 1 is 1.29 bits per heavy atom. The van der Waals surface area contributed by atoms with Crippen LogP contribution in [0.3, 0.4) is 0 Å². The minimum Gasteiger partial charge on any atom is -0.289 e. The molecule has 0 aliphatic rings. The highest BCUT2D eigenvalue weighted by Crippen LogP contribution is 2.14. The fourth-order valence-electron chi connectivity index (χ4n) is 0.874. The number of carbonyl (C=O) groups excluding carboxylic acids is 1. The number of hydrogen-bond donors (Lipinski definition) is 0. The highest BCUT2D eigenvalue weighted by atomic mass is 19.2. The van der Waals surface area contributed by atoms with Crippen LogP contribution in [-0.2, 0) is 0 Å². The van der Waals surface area contributed by atoms with Gasteiger partial charge in [0.05, 0.1) is 0 Å². The van der Waals surface area contributed by atoms with E-state index in [1.807, 2.05) is 0 Å². The molecule has 0 bridgehead atoms. The first kappa shape index (κ1) is 10.3. The summed E-state index contributed by atoms with van der Waals surface area (Å²) in [5.74, 6) is -5.07. The molecule has 14 heavy (non-hydrogen) atoms. The van der Waals surface area contributed by atoms with Crippen molar-refractivity contribution in [2.24, 2.45) is 0 Å². The van der Waals surface area contributed by atoms with Crippen molar-refractivity contribution in [1.29, 1.82) is 0 Å². The first-order valence-electron chi connectivity index (χ1n) is 3.61. The smallest absolute Gasteiger partial charge is 0.194 e. The molecule has 0 saturated heterocycles. The van der Waals surface area contributed by atoms with Gasteiger partial charge >= 0.3 is 0 Å². The second-order valence-corrected chi connectivity index (χ2v) is 2.47. The fraction of sp³-hybridized carbons (Fsp3) is 0. The maximum Gasteiger partial charge on any atom is 0.194 e. The van der Waals surface area contributed by atoms with Crippen LogP contribution >= 0.6 is 0 Å². The van der Waals surface area contributed by atoms with Gasteiger partial charge in [0, 0.05) is 11.6 Å². The van der Waals surface area contributed by atoms with E-state index < -0.39 is 23.2 Å². The molecular weight excluding hydrogens is 193 g/mol. The van der Waals surface area contributed by atoms with Crippen LogP contribution in [0.5, 0.6) is 0 Å². The van der Waals surface area contributed by atoms with Gasteiger partial charge in [-0.2, -0.15) is 0 Å². The normalized spacial score (nSPS) is 9.36. The number of hydrogen-bond acceptors (Lipinski definition) is 1. The van der Waals surface area contributed by atoms with Crippen molar-refractivity contribution < 1.29 is 18.0 Å². The molecular formula is C10H5F3O. The van der Waals surface area contributed by atoms with Gasteiger partial charge in [-0.3, -0.25) is 4.79 Å². The summed E-state index contributed by atoms with van der Waals surface area (Å²) in [6, 6.07) is 1.24. The Morgan fingerprint density at radius 2 is 1.79 bits per heavy atom. The van der Waals surface area contributed by atoms with E-state index in [9.17, 15) is 18.0 Å². The number of allylic oxidation sites excluding steroid dienone is 1. The fourth-order valence-corrected chi connectivity index (χ4v) is 0.874. The quantitative estimate of drug-likeness (QED) is 0.309. The van der Waals surface area contributed by atoms with Gasteiger partial charge in [0.15, 0.2) is 23.2 Å². The van der Waals surface area contributed by atoms with Crippen molar-refractivity contribution >= 4 is 5.78 Å². The number of halogens is 3. The third-order valence-corrected chi connectivity index (χ3v) is 1.50. The van der Waals surface area contributed by atoms with E-state index in [4.69, 9.17) is 0 Å². The van der Waals surface area contributed by atoms with Crippen molar-refractivity contribution in [1.82, 2.24) is 0 Å². The SMILES string of the molecule is C=C=CC(=O)c1cc(F)c(F)c(F)c1. The molecule has 4 heteroatoms. The molecule has 0 atom stereocenters. The molecule has 0 unspecified atom stereocenters. The maximum atomic E-state index is 12.6. The molecule has 1 rings (SSSR count). The van der Waals surface area contributed by atoms with E-state index in [1.54, 1.807) is 0 Å². The molecule has 1 nitrogen and oxygen atoms in total. The molecule has 0 radical (unpaired) electrons. The van der Waals surface area contributed by atoms with Gasteiger partial charge in [0.2, 0.25) is 0 Å². The molecule has 0 aliphatic heterocycles. The molecule has 72 valence electrons. The van der Waals surface area contributed by atoms with E-state index in [-0.39, 0.29) is 5.56 Å². The molecule has 0 amide bonds. The number of ketones is 1. The highest BCUT2D eigenvalue weighted by Gasteiger charge is 2.13. The molecule has 1 aromatic rings. The molecule has 0 heterocycles. The summed E-state index contributed by atoms with van der Waals surface area (Å²) in [5.41, 5.74) is 1.88. The van der Waals surface area contributed by atoms with Crippen LogP contribution in [0.15, 0.2) is 30.5 Å². The lowest BCUT2D eigenvalue weighted by atomic mass is 10.1. The van der Waals surface area contributed by atoms with E-state index in [1.165, 1.54) is 0 Å². The van der Waals surface area contributed by atoms with Crippen LogP contribution in [0.1, 0.15) is 10.4 Å². The van der Waals surface area contributed by atoms with Gasteiger partial charge in [0.25, 0.3) is 0 Å². The van der Waals surface area contributed by atoms with E-state index in [0.717, 1.165) is 6.08 Å². The second kappa shape index (κ2) is 3.94. The standard InChI is InChI=1S/C10H5F3O/c1-2-3-9(14)6-4-7(11)10(13)8(12)5-6/h3-5H,1H2. The monoisotopic (exact) mass is 198 g/mol. The molecule has 0 saturated carbocycles. The van der Waals surface area contributed by atoms with Crippen molar-refractivity contribution in [3.63, 3.8) is 0 Å². The predicted molar refractivity (Wildman–Crippen MR) is 44.4 cm³/mol. The van der Waals surface area contributed by atoms with Crippen LogP contribution in [0.4, 0.5) is 13.2 Å². The van der Waals surface area contributed by atoms with Crippen LogP contribution in [0.25, 0.3) is 0 Å². The lowest BCUT2D eigenvalue weighted by Gasteiger charge is -1.98. The Bertz CT molecular complexity index is 408. The van der Waals surface area contributed by atoms with E-state index in [2.05, 4.69) is 12.3 Å². The molecule has 0 aliphatic carbocycles. The lowest BCUT2D eigenvalue weighted by molar-refractivity contribution is 0.104. The minimum absolute atomic E-state index is 0.280. The minimum atomic E-state index is -1.59. The zero-order valence-electron chi connectivity index (χ0n) is 6.98. The summed E-state index contributed by atoms with van der Waals surface area (Å²) >= 11 is 0. The summed E-state index contributed by atoms with van der Waals surface area (Å²) in [7, 11) is 0. The third kappa shape index (κ3) is 1.92. The first-order valence-corrected chi connectivity index (χ1v) is 3.61. The number of rotatable bonds is 2. The van der Waals surface area contributed by atoms with Gasteiger partial charge < -0.3 is 0 Å². The van der Waals surface area contributed by atoms with Crippen LogP contribution in [0.2, 0.25) is 0 Å². The largest absolute Gasteiger partial charge is 0.289 e. The Hall–Kier alpha value is -1.80. The van der Waals surface area contributed by atoms with E-state index >= 15 is 0 Å². The van der Waals surface area contributed by atoms with Gasteiger partial charge in [-0.05, 0) is 12.1 Å². The van der Waals surface area contributed by atoms with Crippen molar-refractivity contribution in [2.75, 3.05) is 0 Å². The summed E-state index contributed by atoms with van der Waals surface area (Å²) in [4.78, 5) is 11.0. The summed E-state index contributed by atoms with van der Waals surface area (Å²) in [6.07, 6.45) is 0.909. The second-order valence-electron chi connectivity index (χ2n) is 2.47. The zero-order chi connectivity index (χ0) is 10.7. The third-order valence-electron chi connectivity index (χ3n) is 1.50. The Kier molecular flexibility index (Phi) is 2.89. The van der Waals surface area contributed by atoms with Crippen molar-refractivity contribution in [3.05, 3.63) is 53.5 Å². The summed E-state index contributed by atoms with van der Waals surface area (Å²) < 4.78 is 37.7. The predicted octanol–water partition coefficient (Wildman–Crippen LogP) is 2.63. The Balaban J connectivity index is 3.25. The van der Waals surface area contributed by atoms with Crippen LogP contribution in [0, 0.1) is 17.5 Å². The van der Waals surface area contributed by atoms with Gasteiger partial charge in [0.1, 0.15) is 0 Å². The zero-order valence-corrected chi connectivity index (χ0v) is 6.98. The number of benzene rings is 1. The van der Waals surface area contributed by atoms with Gasteiger partial charge in [-0.25, -0.2) is 13.2 Å². The molecule has 1 aromatic carbocycles. The van der Waals surface area contributed by atoms with Gasteiger partial charge in [-0.15, -0.1) is 5.73 Å². The topological polar surface area (TPSA) is 17.1 Å². The van der Waals surface area contributed by atoms with Gasteiger partial charge in [-0.1, -0.05) is 6.58 Å². The maximum absolute atomic E-state index is 12.6. The average molecular weight is 198 g/mol. The van der Waals surface area contributed by atoms with Crippen molar-refractivity contribution in [3.8, 4) is 0 Å². The Labute approximate surface area is 78.2 Å². The molecule has 0 N–H and O–H groups in total. The molecule has 0 fully saturated rings. The average Bonchev–Trinajstić information content (AvgIpc) is 2.13. The van der Waals surface area contributed by atoms with Crippen LogP contribution in [-0.4, -0.2) is 5.78 Å².